The normalized spacial score (nSPS) is 33.0. The van der Waals surface area contributed by atoms with Crippen LogP contribution in [0.5, 0.6) is 0 Å². The lowest BCUT2D eigenvalue weighted by Gasteiger charge is -2.26. The molecule has 0 aromatic heterocycles. The van der Waals surface area contributed by atoms with Crippen molar-refractivity contribution in [2.75, 3.05) is 12.8 Å². The van der Waals surface area contributed by atoms with Gasteiger partial charge in [-0.25, -0.2) is 0 Å². The molecule has 0 radical (unpaired) electrons. The van der Waals surface area contributed by atoms with Gasteiger partial charge in [0, 0.05) is 10.8 Å². The predicted molar refractivity (Wildman–Crippen MR) is 51.1 cm³/mol. The van der Waals surface area contributed by atoms with E-state index in [-0.39, 0.29) is 0 Å². The van der Waals surface area contributed by atoms with Crippen LogP contribution in [-0.2, 0) is 0 Å². The third-order valence-electron chi connectivity index (χ3n) is 3.12. The topological polar surface area (TPSA) is 12.0 Å². The summed E-state index contributed by atoms with van der Waals surface area (Å²) in [6.07, 6.45) is 7.18. The maximum atomic E-state index is 3.45. The van der Waals surface area contributed by atoms with Crippen LogP contribution in [0.25, 0.3) is 0 Å². The van der Waals surface area contributed by atoms with E-state index in [0.717, 1.165) is 5.25 Å². The highest BCUT2D eigenvalue weighted by atomic mass is 32.2. The standard InChI is InChI=1S/C9H17NS/c1-10-9(5-6-9)4-2-8-3-7-11-8/h8,10H,2-7H2,1H3. The number of hydrogen-bond donors (Lipinski definition) is 1. The molecule has 0 spiro atoms. The van der Waals surface area contributed by atoms with Crippen LogP contribution in [-0.4, -0.2) is 23.6 Å². The van der Waals surface area contributed by atoms with E-state index in [1.165, 1.54) is 37.9 Å². The second-order valence-corrected chi connectivity index (χ2v) is 5.26. The zero-order valence-corrected chi connectivity index (χ0v) is 8.04. The third-order valence-corrected chi connectivity index (χ3v) is 4.54. The predicted octanol–water partition coefficient (Wildman–Crippen LogP) is 2.02. The second-order valence-electron chi connectivity index (χ2n) is 3.85. The van der Waals surface area contributed by atoms with Gasteiger partial charge >= 0.3 is 0 Å². The summed E-state index contributed by atoms with van der Waals surface area (Å²) in [6.45, 7) is 0. The maximum Gasteiger partial charge on any atom is 0.0180 e. The zero-order valence-electron chi connectivity index (χ0n) is 7.23. The Morgan fingerprint density at radius 3 is 2.64 bits per heavy atom. The van der Waals surface area contributed by atoms with Crippen LogP contribution in [0.4, 0.5) is 0 Å². The minimum atomic E-state index is 0.593. The summed E-state index contributed by atoms with van der Waals surface area (Å²) in [5.74, 6) is 1.41. The van der Waals surface area contributed by atoms with Gasteiger partial charge in [0.15, 0.2) is 0 Å². The highest BCUT2D eigenvalue weighted by molar-refractivity contribution is 8.01. The molecule has 1 saturated heterocycles. The summed E-state index contributed by atoms with van der Waals surface area (Å²) in [6, 6.07) is 0. The molecule has 0 aromatic rings. The molecule has 1 heterocycles. The molecule has 0 aromatic carbocycles. The van der Waals surface area contributed by atoms with Crippen LogP contribution in [0.2, 0.25) is 0 Å². The molecule has 0 bridgehead atoms. The fourth-order valence-electron chi connectivity index (χ4n) is 1.73. The van der Waals surface area contributed by atoms with Gasteiger partial charge in [-0.05, 0) is 44.9 Å². The van der Waals surface area contributed by atoms with Crippen molar-refractivity contribution in [3.8, 4) is 0 Å². The molecular weight excluding hydrogens is 154 g/mol. The average Bonchev–Trinajstić information content (AvgIpc) is 2.66. The van der Waals surface area contributed by atoms with Crippen molar-refractivity contribution in [2.24, 2.45) is 0 Å². The van der Waals surface area contributed by atoms with E-state index in [1.54, 1.807) is 0 Å². The lowest BCUT2D eigenvalue weighted by molar-refractivity contribution is 0.478. The quantitative estimate of drug-likeness (QED) is 0.694. The first-order valence-electron chi connectivity index (χ1n) is 4.65. The first-order valence-corrected chi connectivity index (χ1v) is 5.70. The van der Waals surface area contributed by atoms with Crippen molar-refractivity contribution in [2.45, 2.75) is 42.9 Å². The number of thioether (sulfide) groups is 1. The van der Waals surface area contributed by atoms with Crippen molar-refractivity contribution >= 4 is 11.8 Å². The molecule has 1 aliphatic carbocycles. The Balaban J connectivity index is 1.65. The molecule has 1 N–H and O–H groups in total. The Morgan fingerprint density at radius 2 is 2.27 bits per heavy atom. The number of nitrogens with one attached hydrogen (secondary N) is 1. The molecule has 1 unspecified atom stereocenters. The Morgan fingerprint density at radius 1 is 1.55 bits per heavy atom. The van der Waals surface area contributed by atoms with Gasteiger partial charge in [0.1, 0.15) is 0 Å². The second kappa shape index (κ2) is 2.98. The van der Waals surface area contributed by atoms with Crippen LogP contribution in [0.15, 0.2) is 0 Å². The molecule has 1 nitrogen and oxygen atoms in total. The summed E-state index contributed by atoms with van der Waals surface area (Å²) in [5.41, 5.74) is 0.593. The lowest BCUT2D eigenvalue weighted by atomic mass is 10.1. The van der Waals surface area contributed by atoms with Gasteiger partial charge in [-0.1, -0.05) is 0 Å². The minimum absolute atomic E-state index is 0.593. The third kappa shape index (κ3) is 1.73. The fraction of sp³-hybridized carbons (Fsp3) is 1.00. The first-order chi connectivity index (χ1) is 5.35. The Labute approximate surface area is 73.3 Å². The van der Waals surface area contributed by atoms with Crippen LogP contribution in [0.3, 0.4) is 0 Å². The van der Waals surface area contributed by atoms with Gasteiger partial charge in [-0.15, -0.1) is 0 Å². The van der Waals surface area contributed by atoms with Crippen molar-refractivity contribution in [3.05, 3.63) is 0 Å². The zero-order chi connectivity index (χ0) is 7.73. The van der Waals surface area contributed by atoms with E-state index in [1.807, 2.05) is 0 Å². The molecule has 0 amide bonds. The van der Waals surface area contributed by atoms with E-state index < -0.39 is 0 Å². The smallest absolute Gasteiger partial charge is 0.0180 e. The molecule has 2 rings (SSSR count). The van der Waals surface area contributed by atoms with E-state index in [2.05, 4.69) is 24.1 Å². The largest absolute Gasteiger partial charge is 0.314 e. The van der Waals surface area contributed by atoms with Gasteiger partial charge in [-0.3, -0.25) is 0 Å². The molecule has 2 aliphatic rings. The molecule has 2 heteroatoms. The number of hydrogen-bond acceptors (Lipinski definition) is 2. The van der Waals surface area contributed by atoms with Gasteiger partial charge in [-0.2, -0.15) is 11.8 Å². The van der Waals surface area contributed by atoms with Crippen molar-refractivity contribution < 1.29 is 0 Å². The lowest BCUT2D eigenvalue weighted by Crippen LogP contribution is -2.29. The average molecular weight is 171 g/mol. The molecule has 1 saturated carbocycles. The molecular formula is C9H17NS. The van der Waals surface area contributed by atoms with Crippen molar-refractivity contribution in [3.63, 3.8) is 0 Å². The molecule has 1 aliphatic heterocycles. The molecule has 2 fully saturated rings. The van der Waals surface area contributed by atoms with E-state index in [9.17, 15) is 0 Å². The van der Waals surface area contributed by atoms with Gasteiger partial charge in [0.2, 0.25) is 0 Å². The SMILES string of the molecule is CNC1(CCC2CCS2)CC1. The fourth-order valence-corrected chi connectivity index (χ4v) is 2.58. The molecule has 11 heavy (non-hydrogen) atoms. The van der Waals surface area contributed by atoms with Gasteiger partial charge < -0.3 is 5.32 Å². The van der Waals surface area contributed by atoms with E-state index >= 15 is 0 Å². The Hall–Kier alpha value is 0.310. The van der Waals surface area contributed by atoms with Crippen LogP contribution in [0, 0.1) is 0 Å². The molecule has 1 atom stereocenters. The van der Waals surface area contributed by atoms with Crippen molar-refractivity contribution in [1.29, 1.82) is 0 Å². The van der Waals surface area contributed by atoms with E-state index in [4.69, 9.17) is 0 Å². The highest BCUT2D eigenvalue weighted by Gasteiger charge is 2.40. The number of rotatable bonds is 4. The summed E-state index contributed by atoms with van der Waals surface area (Å²) >= 11 is 2.16. The van der Waals surface area contributed by atoms with E-state index in [0.29, 0.717) is 5.54 Å². The highest BCUT2D eigenvalue weighted by Crippen LogP contribution is 2.42. The van der Waals surface area contributed by atoms with Gasteiger partial charge in [0.25, 0.3) is 0 Å². The van der Waals surface area contributed by atoms with Gasteiger partial charge in [0.05, 0.1) is 0 Å². The Bertz CT molecular complexity index is 138. The van der Waals surface area contributed by atoms with Crippen LogP contribution < -0.4 is 5.32 Å². The minimum Gasteiger partial charge on any atom is -0.314 e. The van der Waals surface area contributed by atoms with Crippen LogP contribution in [0.1, 0.15) is 32.1 Å². The van der Waals surface area contributed by atoms with Crippen molar-refractivity contribution in [1.82, 2.24) is 5.32 Å². The molecule has 64 valence electrons. The summed E-state index contributed by atoms with van der Waals surface area (Å²) < 4.78 is 0. The first kappa shape index (κ1) is 7.93. The monoisotopic (exact) mass is 171 g/mol. The summed E-state index contributed by atoms with van der Waals surface area (Å²) in [5, 5.41) is 4.46. The maximum absolute atomic E-state index is 3.45. The summed E-state index contributed by atoms with van der Waals surface area (Å²) in [7, 11) is 2.11. The summed E-state index contributed by atoms with van der Waals surface area (Å²) in [4.78, 5) is 0. The Kier molecular flexibility index (Phi) is 2.15. The van der Waals surface area contributed by atoms with Crippen LogP contribution >= 0.6 is 11.8 Å².